The van der Waals surface area contributed by atoms with Crippen molar-refractivity contribution in [1.29, 1.82) is 0 Å². The number of carbonyl (C=O) groups excluding carboxylic acids is 1. The number of benzene rings is 1. The number of amides is 2. The number of nitrogens with one attached hydrogen (secondary N) is 2. The van der Waals surface area contributed by atoms with Crippen LogP contribution in [0.5, 0.6) is 5.75 Å². The fourth-order valence-corrected chi connectivity index (χ4v) is 1.66. The molecule has 112 valence electrons. The lowest BCUT2D eigenvalue weighted by Crippen LogP contribution is -2.36. The maximum absolute atomic E-state index is 11.6. The SMILES string of the molecule is CC(C)CCNC(=O)NCc1ccccc1OCCO. The van der Waals surface area contributed by atoms with Gasteiger partial charge >= 0.3 is 6.03 Å². The second kappa shape index (κ2) is 9.20. The first-order valence-corrected chi connectivity index (χ1v) is 6.96. The van der Waals surface area contributed by atoms with Crippen molar-refractivity contribution in [3.05, 3.63) is 29.8 Å². The molecule has 5 nitrogen and oxygen atoms in total. The molecule has 2 amide bonds. The van der Waals surface area contributed by atoms with Gasteiger partial charge in [-0.15, -0.1) is 0 Å². The number of ether oxygens (including phenoxy) is 1. The monoisotopic (exact) mass is 280 g/mol. The van der Waals surface area contributed by atoms with Crippen LogP contribution in [0.25, 0.3) is 0 Å². The molecular formula is C15H24N2O3. The Labute approximate surface area is 120 Å². The smallest absolute Gasteiger partial charge is 0.315 e. The molecular weight excluding hydrogens is 256 g/mol. The van der Waals surface area contributed by atoms with Crippen LogP contribution in [0.3, 0.4) is 0 Å². The Kier molecular flexibility index (Phi) is 7.50. The van der Waals surface area contributed by atoms with Crippen LogP contribution in [0.4, 0.5) is 4.79 Å². The van der Waals surface area contributed by atoms with Crippen molar-refractivity contribution in [2.75, 3.05) is 19.8 Å². The molecule has 0 spiro atoms. The highest BCUT2D eigenvalue weighted by Crippen LogP contribution is 2.17. The van der Waals surface area contributed by atoms with Crippen molar-refractivity contribution in [2.45, 2.75) is 26.8 Å². The van der Waals surface area contributed by atoms with Crippen LogP contribution >= 0.6 is 0 Å². The summed E-state index contributed by atoms with van der Waals surface area (Å²) in [6.07, 6.45) is 0.962. The Hall–Kier alpha value is -1.75. The average Bonchev–Trinajstić information content (AvgIpc) is 2.43. The third kappa shape index (κ3) is 6.43. The summed E-state index contributed by atoms with van der Waals surface area (Å²) >= 11 is 0. The summed E-state index contributed by atoms with van der Waals surface area (Å²) in [5.41, 5.74) is 0.889. The van der Waals surface area contributed by atoms with Gasteiger partial charge in [0.05, 0.1) is 6.61 Å². The number of hydrogen-bond acceptors (Lipinski definition) is 3. The summed E-state index contributed by atoms with van der Waals surface area (Å²) in [4.78, 5) is 11.6. The Balaban J connectivity index is 2.38. The van der Waals surface area contributed by atoms with E-state index in [1.807, 2.05) is 24.3 Å². The molecule has 0 aliphatic carbocycles. The number of carbonyl (C=O) groups is 1. The number of hydrogen-bond donors (Lipinski definition) is 3. The minimum atomic E-state index is -0.178. The molecule has 0 aliphatic rings. The zero-order valence-electron chi connectivity index (χ0n) is 12.2. The maximum Gasteiger partial charge on any atom is 0.315 e. The molecule has 0 fully saturated rings. The van der Waals surface area contributed by atoms with Crippen molar-refractivity contribution < 1.29 is 14.6 Å². The lowest BCUT2D eigenvalue weighted by Gasteiger charge is -2.12. The van der Waals surface area contributed by atoms with Crippen molar-refractivity contribution in [3.63, 3.8) is 0 Å². The van der Waals surface area contributed by atoms with Gasteiger partial charge in [-0.3, -0.25) is 0 Å². The maximum atomic E-state index is 11.6. The summed E-state index contributed by atoms with van der Waals surface area (Å²) in [7, 11) is 0. The fraction of sp³-hybridized carbons (Fsp3) is 0.533. The number of urea groups is 1. The van der Waals surface area contributed by atoms with E-state index in [9.17, 15) is 4.79 Å². The summed E-state index contributed by atoms with van der Waals surface area (Å²) in [5, 5.41) is 14.4. The van der Waals surface area contributed by atoms with E-state index in [0.717, 1.165) is 12.0 Å². The van der Waals surface area contributed by atoms with Gasteiger partial charge in [0.25, 0.3) is 0 Å². The molecule has 0 aliphatic heterocycles. The molecule has 20 heavy (non-hydrogen) atoms. The normalized spacial score (nSPS) is 10.4. The van der Waals surface area contributed by atoms with E-state index < -0.39 is 0 Å². The Bertz CT molecular complexity index is 408. The molecule has 0 radical (unpaired) electrons. The first-order valence-electron chi connectivity index (χ1n) is 6.96. The Morgan fingerprint density at radius 3 is 2.75 bits per heavy atom. The van der Waals surface area contributed by atoms with E-state index in [1.54, 1.807) is 0 Å². The highest BCUT2D eigenvalue weighted by molar-refractivity contribution is 5.73. The second-order valence-electron chi connectivity index (χ2n) is 4.97. The number of para-hydroxylation sites is 1. The van der Waals surface area contributed by atoms with E-state index in [0.29, 0.717) is 24.8 Å². The molecule has 0 unspecified atom stereocenters. The average molecular weight is 280 g/mol. The van der Waals surface area contributed by atoms with Gasteiger partial charge in [0.15, 0.2) is 0 Å². The van der Waals surface area contributed by atoms with Crippen LogP contribution in [0.1, 0.15) is 25.8 Å². The predicted molar refractivity (Wildman–Crippen MR) is 78.7 cm³/mol. The van der Waals surface area contributed by atoms with E-state index in [1.165, 1.54) is 0 Å². The highest BCUT2D eigenvalue weighted by atomic mass is 16.5. The third-order valence-corrected chi connectivity index (χ3v) is 2.77. The van der Waals surface area contributed by atoms with Gasteiger partial charge in [-0.25, -0.2) is 4.79 Å². The Morgan fingerprint density at radius 2 is 2.05 bits per heavy atom. The van der Waals surface area contributed by atoms with Crippen LogP contribution in [0, 0.1) is 5.92 Å². The molecule has 0 heterocycles. The molecule has 0 saturated heterocycles. The van der Waals surface area contributed by atoms with Gasteiger partial charge in [-0.2, -0.15) is 0 Å². The second-order valence-corrected chi connectivity index (χ2v) is 4.97. The molecule has 5 heteroatoms. The zero-order valence-corrected chi connectivity index (χ0v) is 12.2. The molecule has 1 aromatic rings. The lowest BCUT2D eigenvalue weighted by molar-refractivity contribution is 0.200. The topological polar surface area (TPSA) is 70.6 Å². The van der Waals surface area contributed by atoms with E-state index in [-0.39, 0.29) is 19.2 Å². The van der Waals surface area contributed by atoms with Gasteiger partial charge in [0.2, 0.25) is 0 Å². The quantitative estimate of drug-likeness (QED) is 0.681. The fourth-order valence-electron chi connectivity index (χ4n) is 1.66. The summed E-state index contributed by atoms with van der Waals surface area (Å²) in [5.74, 6) is 1.26. The van der Waals surface area contributed by atoms with Gasteiger partial charge in [-0.05, 0) is 18.4 Å². The standard InChI is InChI=1S/C15H24N2O3/c1-12(2)7-8-16-15(19)17-11-13-5-3-4-6-14(13)20-10-9-18/h3-6,12,18H,7-11H2,1-2H3,(H2,16,17,19). The van der Waals surface area contributed by atoms with Crippen LogP contribution < -0.4 is 15.4 Å². The van der Waals surface area contributed by atoms with Crippen LogP contribution in [-0.2, 0) is 6.54 Å². The molecule has 1 rings (SSSR count). The number of aliphatic hydroxyl groups is 1. The van der Waals surface area contributed by atoms with Crippen molar-refractivity contribution >= 4 is 6.03 Å². The van der Waals surface area contributed by atoms with Gasteiger partial charge in [0.1, 0.15) is 12.4 Å². The molecule has 0 bridgehead atoms. The van der Waals surface area contributed by atoms with Crippen LogP contribution in [0.15, 0.2) is 24.3 Å². The van der Waals surface area contributed by atoms with Crippen molar-refractivity contribution in [2.24, 2.45) is 5.92 Å². The lowest BCUT2D eigenvalue weighted by atomic mass is 10.1. The van der Waals surface area contributed by atoms with Crippen LogP contribution in [-0.4, -0.2) is 30.9 Å². The minimum Gasteiger partial charge on any atom is -0.491 e. The first-order chi connectivity index (χ1) is 9.63. The van der Waals surface area contributed by atoms with E-state index in [4.69, 9.17) is 9.84 Å². The predicted octanol–water partition coefficient (Wildman–Crippen LogP) is 1.90. The summed E-state index contributed by atoms with van der Waals surface area (Å²) in [6, 6.07) is 7.28. The third-order valence-electron chi connectivity index (χ3n) is 2.77. The van der Waals surface area contributed by atoms with Crippen molar-refractivity contribution in [1.82, 2.24) is 10.6 Å². The van der Waals surface area contributed by atoms with E-state index >= 15 is 0 Å². The summed E-state index contributed by atoms with van der Waals surface area (Å²) < 4.78 is 5.41. The van der Waals surface area contributed by atoms with Gasteiger partial charge < -0.3 is 20.5 Å². The van der Waals surface area contributed by atoms with Gasteiger partial charge in [0, 0.05) is 18.7 Å². The number of rotatable bonds is 8. The summed E-state index contributed by atoms with van der Waals surface area (Å²) in [6.45, 7) is 5.53. The molecule has 3 N–H and O–H groups in total. The first kappa shape index (κ1) is 16.3. The highest BCUT2D eigenvalue weighted by Gasteiger charge is 2.05. The molecule has 1 aromatic carbocycles. The minimum absolute atomic E-state index is 0.0303. The number of aliphatic hydroxyl groups excluding tert-OH is 1. The van der Waals surface area contributed by atoms with Crippen LogP contribution in [0.2, 0.25) is 0 Å². The van der Waals surface area contributed by atoms with Crippen molar-refractivity contribution in [3.8, 4) is 5.75 Å². The zero-order chi connectivity index (χ0) is 14.8. The van der Waals surface area contributed by atoms with Gasteiger partial charge in [-0.1, -0.05) is 32.0 Å². The molecule has 0 atom stereocenters. The molecule has 0 aromatic heterocycles. The largest absolute Gasteiger partial charge is 0.491 e. The van der Waals surface area contributed by atoms with E-state index in [2.05, 4.69) is 24.5 Å². The molecule has 0 saturated carbocycles. The Morgan fingerprint density at radius 1 is 1.30 bits per heavy atom.